The van der Waals surface area contributed by atoms with Crippen molar-refractivity contribution >= 4 is 23.2 Å². The topological polar surface area (TPSA) is 61.4 Å². The van der Waals surface area contributed by atoms with Crippen molar-refractivity contribution in [3.8, 4) is 0 Å². The largest absolute Gasteiger partial charge is 0.325 e. The van der Waals surface area contributed by atoms with Gasteiger partial charge in [0, 0.05) is 11.4 Å². The number of carbonyl (C=O) groups excluding carboxylic acids is 2. The first kappa shape index (κ1) is 21.6. The van der Waals surface area contributed by atoms with E-state index < -0.39 is 0 Å². The lowest BCUT2D eigenvalue weighted by molar-refractivity contribution is -0.119. The van der Waals surface area contributed by atoms with E-state index >= 15 is 0 Å². The number of rotatable bonds is 8. The molecule has 0 unspecified atom stereocenters. The first-order chi connectivity index (χ1) is 13.3. The molecule has 0 aliphatic rings. The third-order valence-corrected chi connectivity index (χ3v) is 4.95. The van der Waals surface area contributed by atoms with Crippen molar-refractivity contribution in [2.45, 2.75) is 40.0 Å². The lowest BCUT2D eigenvalue weighted by Crippen LogP contribution is -2.36. The van der Waals surface area contributed by atoms with Crippen LogP contribution in [0.2, 0.25) is 0 Å². The molecule has 28 heavy (non-hydrogen) atoms. The fourth-order valence-electron chi connectivity index (χ4n) is 3.19. The number of hydrogen-bond donors (Lipinski definition) is 2. The average Bonchev–Trinajstić information content (AvgIpc) is 2.64. The van der Waals surface area contributed by atoms with E-state index in [0.29, 0.717) is 5.92 Å². The number of amides is 2. The highest BCUT2D eigenvalue weighted by molar-refractivity contribution is 5.95. The normalized spacial score (nSPS) is 11.9. The van der Waals surface area contributed by atoms with Crippen LogP contribution >= 0.6 is 0 Å². The van der Waals surface area contributed by atoms with E-state index in [-0.39, 0.29) is 24.9 Å². The van der Waals surface area contributed by atoms with Crippen LogP contribution in [0.3, 0.4) is 0 Å². The molecular formula is C23H31N3O2. The third kappa shape index (κ3) is 5.92. The minimum atomic E-state index is -0.132. The fourth-order valence-corrected chi connectivity index (χ4v) is 3.19. The Morgan fingerprint density at radius 3 is 2.11 bits per heavy atom. The highest BCUT2D eigenvalue weighted by Crippen LogP contribution is 2.26. The van der Waals surface area contributed by atoms with Crippen molar-refractivity contribution in [2.24, 2.45) is 0 Å². The lowest BCUT2D eigenvalue weighted by atomic mass is 9.97. The number of nitrogens with one attached hydrogen (secondary N) is 2. The van der Waals surface area contributed by atoms with Crippen LogP contribution in [0, 0.1) is 13.8 Å². The predicted molar refractivity (Wildman–Crippen MR) is 116 cm³/mol. The number of carbonyl (C=O) groups is 2. The molecule has 2 aromatic rings. The van der Waals surface area contributed by atoms with Crippen molar-refractivity contribution in [1.82, 2.24) is 4.90 Å². The third-order valence-electron chi connectivity index (χ3n) is 4.95. The number of aryl methyl sites for hydroxylation is 2. The SMILES string of the molecule is CC[C@@H](C)c1ccccc1NC(=O)CN(C)CC(=O)Nc1c(C)cccc1C. The van der Waals surface area contributed by atoms with Crippen molar-refractivity contribution in [2.75, 3.05) is 30.8 Å². The molecule has 5 nitrogen and oxygen atoms in total. The van der Waals surface area contributed by atoms with Gasteiger partial charge in [0.15, 0.2) is 0 Å². The molecule has 0 aliphatic heterocycles. The summed E-state index contributed by atoms with van der Waals surface area (Å²) in [6, 6.07) is 13.8. The van der Waals surface area contributed by atoms with E-state index in [2.05, 4.69) is 24.5 Å². The van der Waals surface area contributed by atoms with Gasteiger partial charge in [-0.15, -0.1) is 0 Å². The number of nitrogens with zero attached hydrogens (tertiary/aromatic N) is 1. The molecule has 0 saturated heterocycles. The number of anilines is 2. The van der Waals surface area contributed by atoms with Gasteiger partial charge in [-0.05, 0) is 56.0 Å². The molecule has 2 rings (SSSR count). The van der Waals surface area contributed by atoms with Crippen LogP contribution in [-0.2, 0) is 9.59 Å². The van der Waals surface area contributed by atoms with Gasteiger partial charge in [0.1, 0.15) is 0 Å². The summed E-state index contributed by atoms with van der Waals surface area (Å²) < 4.78 is 0. The first-order valence-corrected chi connectivity index (χ1v) is 9.75. The van der Waals surface area contributed by atoms with Crippen LogP contribution in [0.4, 0.5) is 11.4 Å². The summed E-state index contributed by atoms with van der Waals surface area (Å²) in [4.78, 5) is 26.5. The molecule has 1 atom stereocenters. The number of likely N-dealkylation sites (N-methyl/N-ethyl adjacent to an activating group) is 1. The molecule has 0 spiro atoms. The molecule has 0 bridgehead atoms. The summed E-state index contributed by atoms with van der Waals surface area (Å²) in [5, 5.41) is 5.94. The van der Waals surface area contributed by atoms with Gasteiger partial charge in [0.2, 0.25) is 11.8 Å². The quantitative estimate of drug-likeness (QED) is 0.716. The van der Waals surface area contributed by atoms with Crippen LogP contribution in [0.1, 0.15) is 42.9 Å². The second-order valence-corrected chi connectivity index (χ2v) is 7.43. The molecule has 0 saturated carbocycles. The van der Waals surface area contributed by atoms with Crippen LogP contribution in [0.15, 0.2) is 42.5 Å². The van der Waals surface area contributed by atoms with Gasteiger partial charge in [0.05, 0.1) is 13.1 Å². The zero-order valence-corrected chi connectivity index (χ0v) is 17.5. The van der Waals surface area contributed by atoms with Gasteiger partial charge in [0.25, 0.3) is 0 Å². The van der Waals surface area contributed by atoms with Gasteiger partial charge < -0.3 is 10.6 Å². The molecule has 0 radical (unpaired) electrons. The molecule has 2 amide bonds. The molecule has 2 N–H and O–H groups in total. The first-order valence-electron chi connectivity index (χ1n) is 9.75. The number of para-hydroxylation sites is 2. The minimum Gasteiger partial charge on any atom is -0.325 e. The van der Waals surface area contributed by atoms with E-state index in [1.54, 1.807) is 11.9 Å². The van der Waals surface area contributed by atoms with Crippen LogP contribution < -0.4 is 10.6 Å². The zero-order valence-electron chi connectivity index (χ0n) is 17.5. The van der Waals surface area contributed by atoms with E-state index in [0.717, 1.165) is 34.5 Å². The van der Waals surface area contributed by atoms with Crippen LogP contribution in [-0.4, -0.2) is 36.9 Å². The molecule has 150 valence electrons. The Kier molecular flexibility index (Phi) is 7.76. The van der Waals surface area contributed by atoms with E-state index in [4.69, 9.17) is 0 Å². The zero-order chi connectivity index (χ0) is 20.7. The summed E-state index contributed by atoms with van der Waals surface area (Å²) in [5.41, 5.74) is 4.86. The average molecular weight is 382 g/mol. The van der Waals surface area contributed by atoms with E-state index in [1.807, 2.05) is 56.3 Å². The molecule has 0 heterocycles. The molecule has 0 fully saturated rings. The van der Waals surface area contributed by atoms with Crippen molar-refractivity contribution in [3.63, 3.8) is 0 Å². The predicted octanol–water partition coefficient (Wildman–Crippen LogP) is 4.33. The van der Waals surface area contributed by atoms with E-state index in [9.17, 15) is 9.59 Å². The maximum absolute atomic E-state index is 12.4. The second kappa shape index (κ2) is 10.0. The second-order valence-electron chi connectivity index (χ2n) is 7.43. The maximum atomic E-state index is 12.4. The number of hydrogen-bond acceptors (Lipinski definition) is 3. The maximum Gasteiger partial charge on any atom is 0.238 e. The van der Waals surface area contributed by atoms with Crippen molar-refractivity contribution in [1.29, 1.82) is 0 Å². The summed E-state index contributed by atoms with van der Waals surface area (Å²) in [5.74, 6) is 0.114. The van der Waals surface area contributed by atoms with Gasteiger partial charge >= 0.3 is 0 Å². The van der Waals surface area contributed by atoms with Gasteiger partial charge in [-0.25, -0.2) is 0 Å². The van der Waals surface area contributed by atoms with Crippen LogP contribution in [0.5, 0.6) is 0 Å². The Labute approximate surface area is 168 Å². The minimum absolute atomic E-state index is 0.127. The molecule has 2 aromatic carbocycles. The van der Waals surface area contributed by atoms with Crippen LogP contribution in [0.25, 0.3) is 0 Å². The molecule has 5 heteroatoms. The Bertz CT molecular complexity index is 812. The summed E-state index contributed by atoms with van der Waals surface area (Å²) in [7, 11) is 1.77. The fraction of sp³-hybridized carbons (Fsp3) is 0.391. The smallest absolute Gasteiger partial charge is 0.238 e. The van der Waals surface area contributed by atoms with E-state index in [1.165, 1.54) is 0 Å². The summed E-state index contributed by atoms with van der Waals surface area (Å²) in [6.45, 7) is 8.51. The number of benzene rings is 2. The lowest BCUT2D eigenvalue weighted by Gasteiger charge is -2.19. The Morgan fingerprint density at radius 2 is 1.50 bits per heavy atom. The molecular weight excluding hydrogens is 350 g/mol. The van der Waals surface area contributed by atoms with Gasteiger partial charge in [-0.3, -0.25) is 14.5 Å². The monoisotopic (exact) mass is 381 g/mol. The molecule has 0 aliphatic carbocycles. The van der Waals surface area contributed by atoms with Gasteiger partial charge in [-0.1, -0.05) is 50.2 Å². The summed E-state index contributed by atoms with van der Waals surface area (Å²) >= 11 is 0. The van der Waals surface area contributed by atoms with Gasteiger partial charge in [-0.2, -0.15) is 0 Å². The highest BCUT2D eigenvalue weighted by Gasteiger charge is 2.15. The highest BCUT2D eigenvalue weighted by atomic mass is 16.2. The molecule has 0 aromatic heterocycles. The Hall–Kier alpha value is -2.66. The summed E-state index contributed by atoms with van der Waals surface area (Å²) in [6.07, 6.45) is 1.01. The standard InChI is InChI=1S/C23H31N3O2/c1-6-16(2)19-12-7-8-13-20(19)24-21(27)14-26(5)15-22(28)25-23-17(3)10-9-11-18(23)4/h7-13,16H,6,14-15H2,1-5H3,(H,24,27)(H,25,28)/t16-/m1/s1. The Balaban J connectivity index is 1.92. The van der Waals surface area contributed by atoms with Crippen molar-refractivity contribution < 1.29 is 9.59 Å². The Morgan fingerprint density at radius 1 is 0.929 bits per heavy atom. The van der Waals surface area contributed by atoms with Crippen molar-refractivity contribution in [3.05, 3.63) is 59.2 Å².